The number of hydrogen-bond donors (Lipinski definition) is 1. The van der Waals surface area contributed by atoms with Gasteiger partial charge in [-0.25, -0.2) is 13.1 Å². The van der Waals surface area contributed by atoms with Gasteiger partial charge in [-0.05, 0) is 54.7 Å². The predicted octanol–water partition coefficient (Wildman–Crippen LogP) is 2.99. The first kappa shape index (κ1) is 18.2. The Morgan fingerprint density at radius 1 is 1.35 bits per heavy atom. The predicted molar refractivity (Wildman–Crippen MR) is 93.9 cm³/mol. The summed E-state index contributed by atoms with van der Waals surface area (Å²) >= 11 is 7.50. The summed E-state index contributed by atoms with van der Waals surface area (Å²) in [6.07, 6.45) is 0. The topological polar surface area (TPSA) is 58.6 Å². The summed E-state index contributed by atoms with van der Waals surface area (Å²) in [6.45, 7) is 0.252. The van der Waals surface area contributed by atoms with Crippen molar-refractivity contribution < 1.29 is 13.2 Å². The quantitative estimate of drug-likeness (QED) is 0.809. The Balaban J connectivity index is 2.23. The van der Waals surface area contributed by atoms with Crippen molar-refractivity contribution in [3.05, 3.63) is 45.6 Å². The Labute approximate surface area is 145 Å². The highest BCUT2D eigenvalue weighted by atomic mass is 35.5. The molecule has 2 aromatic rings. The Hall–Kier alpha value is -1.12. The molecule has 0 spiro atoms. The minimum absolute atomic E-state index is 0.0373. The van der Waals surface area contributed by atoms with Gasteiger partial charge in [-0.15, -0.1) is 0 Å². The number of rotatable bonds is 7. The fraction of sp³-hybridized carbons (Fsp3) is 0.333. The van der Waals surface area contributed by atoms with Crippen LogP contribution >= 0.6 is 22.9 Å². The van der Waals surface area contributed by atoms with Gasteiger partial charge in [0, 0.05) is 17.6 Å². The first-order valence-corrected chi connectivity index (χ1v) is 9.67. The van der Waals surface area contributed by atoms with E-state index >= 15 is 0 Å². The van der Waals surface area contributed by atoms with Crippen molar-refractivity contribution in [2.24, 2.45) is 0 Å². The van der Waals surface area contributed by atoms with E-state index < -0.39 is 10.0 Å². The molecule has 1 heterocycles. The van der Waals surface area contributed by atoms with Crippen LogP contribution < -0.4 is 9.46 Å². The second-order valence-electron chi connectivity index (χ2n) is 5.18. The molecule has 0 aliphatic rings. The molecule has 0 aliphatic carbocycles. The van der Waals surface area contributed by atoms with Gasteiger partial charge in [-0.3, -0.25) is 0 Å². The molecule has 0 saturated carbocycles. The van der Waals surface area contributed by atoms with Gasteiger partial charge in [0.05, 0.1) is 7.11 Å². The van der Waals surface area contributed by atoms with Crippen LogP contribution in [-0.4, -0.2) is 41.1 Å². The van der Waals surface area contributed by atoms with Crippen LogP contribution in [0.2, 0.25) is 5.02 Å². The number of thiophene rings is 1. The van der Waals surface area contributed by atoms with Gasteiger partial charge in [-0.1, -0.05) is 11.6 Å². The second kappa shape index (κ2) is 7.63. The average Bonchev–Trinajstić information content (AvgIpc) is 3.01. The van der Waals surface area contributed by atoms with E-state index in [1.54, 1.807) is 23.5 Å². The van der Waals surface area contributed by atoms with Gasteiger partial charge in [0.2, 0.25) is 10.0 Å². The molecular weight excluding hydrogens is 356 g/mol. The number of likely N-dealkylation sites (N-methyl/N-ethyl adjacent to an activating group) is 1. The van der Waals surface area contributed by atoms with Crippen LogP contribution in [0, 0.1) is 0 Å². The molecule has 0 radical (unpaired) electrons. The van der Waals surface area contributed by atoms with E-state index in [9.17, 15) is 8.42 Å². The molecule has 0 aliphatic heterocycles. The normalized spacial score (nSPS) is 13.3. The summed E-state index contributed by atoms with van der Waals surface area (Å²) in [5.41, 5.74) is 1.07. The lowest BCUT2D eigenvalue weighted by Gasteiger charge is -2.24. The molecule has 0 saturated heterocycles. The maximum Gasteiger partial charge on any atom is 0.244 e. The fourth-order valence-electron chi connectivity index (χ4n) is 2.19. The van der Waals surface area contributed by atoms with Crippen molar-refractivity contribution in [3.8, 4) is 5.75 Å². The zero-order valence-electron chi connectivity index (χ0n) is 13.1. The molecule has 1 aromatic carbocycles. The molecule has 0 bridgehead atoms. The number of ether oxygens (including phenoxy) is 1. The summed E-state index contributed by atoms with van der Waals surface area (Å²) in [7, 11) is 1.53. The van der Waals surface area contributed by atoms with Crippen molar-refractivity contribution >= 4 is 33.0 Å². The van der Waals surface area contributed by atoms with Crippen LogP contribution in [0.3, 0.4) is 0 Å². The van der Waals surface area contributed by atoms with Crippen molar-refractivity contribution in [2.75, 3.05) is 27.7 Å². The number of hydrogen-bond acceptors (Lipinski definition) is 5. The maximum absolute atomic E-state index is 12.6. The Bertz CT molecular complexity index is 746. The summed E-state index contributed by atoms with van der Waals surface area (Å²) < 4.78 is 33.0. The third-order valence-corrected chi connectivity index (χ3v) is 5.81. The number of halogens is 1. The number of nitrogens with zero attached hydrogens (tertiary/aromatic N) is 1. The SMILES string of the molecule is COc1ccc(Cl)cc1S(=O)(=O)NC[C@@H](c1ccsc1)N(C)C. The average molecular weight is 375 g/mol. The molecule has 8 heteroatoms. The van der Waals surface area contributed by atoms with E-state index in [-0.39, 0.29) is 23.2 Å². The monoisotopic (exact) mass is 374 g/mol. The summed E-state index contributed by atoms with van der Waals surface area (Å²) in [4.78, 5) is 2.01. The van der Waals surface area contributed by atoms with Crippen molar-refractivity contribution in [1.82, 2.24) is 9.62 Å². The van der Waals surface area contributed by atoms with Crippen molar-refractivity contribution in [3.63, 3.8) is 0 Å². The smallest absolute Gasteiger partial charge is 0.244 e. The van der Waals surface area contributed by atoms with E-state index in [4.69, 9.17) is 16.3 Å². The lowest BCUT2D eigenvalue weighted by Crippen LogP contribution is -2.34. The summed E-state index contributed by atoms with van der Waals surface area (Å²) in [5.74, 6) is 0.263. The molecule has 1 atom stereocenters. The number of sulfonamides is 1. The Morgan fingerprint density at radius 3 is 2.65 bits per heavy atom. The highest BCUT2D eigenvalue weighted by Crippen LogP contribution is 2.27. The number of methoxy groups -OCH3 is 1. The lowest BCUT2D eigenvalue weighted by molar-refractivity contribution is 0.300. The first-order valence-electron chi connectivity index (χ1n) is 6.87. The Morgan fingerprint density at radius 2 is 2.09 bits per heavy atom. The van der Waals surface area contributed by atoms with Crippen LogP contribution in [0.15, 0.2) is 39.9 Å². The van der Waals surface area contributed by atoms with Crippen LogP contribution in [0.25, 0.3) is 0 Å². The largest absolute Gasteiger partial charge is 0.495 e. The molecule has 126 valence electrons. The highest BCUT2D eigenvalue weighted by molar-refractivity contribution is 7.89. The minimum Gasteiger partial charge on any atom is -0.495 e. The highest BCUT2D eigenvalue weighted by Gasteiger charge is 2.23. The van der Waals surface area contributed by atoms with Crippen LogP contribution in [0.4, 0.5) is 0 Å². The van der Waals surface area contributed by atoms with Gasteiger partial charge in [0.15, 0.2) is 0 Å². The van der Waals surface area contributed by atoms with Crippen molar-refractivity contribution in [1.29, 1.82) is 0 Å². The van der Waals surface area contributed by atoms with Gasteiger partial charge >= 0.3 is 0 Å². The van der Waals surface area contributed by atoms with Gasteiger partial charge in [0.1, 0.15) is 10.6 Å². The van der Waals surface area contributed by atoms with Crippen LogP contribution in [0.1, 0.15) is 11.6 Å². The maximum atomic E-state index is 12.6. The minimum atomic E-state index is -3.73. The fourth-order valence-corrected chi connectivity index (χ4v) is 4.37. The molecule has 5 nitrogen and oxygen atoms in total. The third kappa shape index (κ3) is 4.45. The zero-order valence-corrected chi connectivity index (χ0v) is 15.5. The second-order valence-corrected chi connectivity index (χ2v) is 8.14. The lowest BCUT2D eigenvalue weighted by atomic mass is 10.1. The molecule has 1 N–H and O–H groups in total. The van der Waals surface area contributed by atoms with E-state index in [1.807, 2.05) is 35.8 Å². The van der Waals surface area contributed by atoms with E-state index in [0.29, 0.717) is 5.02 Å². The number of nitrogens with one attached hydrogen (secondary N) is 1. The molecule has 1 aromatic heterocycles. The van der Waals surface area contributed by atoms with Gasteiger partial charge < -0.3 is 9.64 Å². The third-order valence-electron chi connectivity index (χ3n) is 3.43. The first-order chi connectivity index (χ1) is 10.8. The van der Waals surface area contributed by atoms with E-state index in [0.717, 1.165) is 5.56 Å². The molecular formula is C15H19ClN2O3S2. The van der Waals surface area contributed by atoms with Crippen molar-refractivity contribution in [2.45, 2.75) is 10.9 Å². The van der Waals surface area contributed by atoms with Gasteiger partial charge in [-0.2, -0.15) is 11.3 Å². The standard InChI is InChI=1S/C15H19ClN2O3S2/c1-18(2)13(11-6-7-22-10-11)9-17-23(19,20)15-8-12(16)4-5-14(15)21-3/h4-8,10,13,17H,9H2,1-3H3/t13-/m0/s1. The zero-order chi connectivity index (χ0) is 17.0. The molecule has 0 unspecified atom stereocenters. The summed E-state index contributed by atoms with van der Waals surface area (Å²) in [5, 5.41) is 4.33. The summed E-state index contributed by atoms with van der Waals surface area (Å²) in [6, 6.07) is 6.45. The molecule has 0 fully saturated rings. The van der Waals surface area contributed by atoms with E-state index in [2.05, 4.69) is 4.72 Å². The number of benzene rings is 1. The Kier molecular flexibility index (Phi) is 6.05. The molecule has 2 rings (SSSR count). The molecule has 0 amide bonds. The molecule has 23 heavy (non-hydrogen) atoms. The van der Waals surface area contributed by atoms with Crippen LogP contribution in [-0.2, 0) is 10.0 Å². The van der Waals surface area contributed by atoms with E-state index in [1.165, 1.54) is 13.2 Å². The van der Waals surface area contributed by atoms with Gasteiger partial charge in [0.25, 0.3) is 0 Å². The van der Waals surface area contributed by atoms with Crippen LogP contribution in [0.5, 0.6) is 5.75 Å².